The third-order valence-electron chi connectivity index (χ3n) is 2.63. The van der Waals surface area contributed by atoms with Crippen molar-refractivity contribution in [2.24, 2.45) is 5.10 Å². The summed E-state index contributed by atoms with van der Waals surface area (Å²) in [6.07, 6.45) is 1.30. The van der Waals surface area contributed by atoms with Gasteiger partial charge in [-0.25, -0.2) is 5.43 Å². The molecule has 0 spiro atoms. The molecule has 0 saturated heterocycles. The lowest BCUT2D eigenvalue weighted by Crippen LogP contribution is -2.17. The highest BCUT2D eigenvalue weighted by molar-refractivity contribution is 5.95. The average Bonchev–Trinajstić information content (AvgIpc) is 2.49. The minimum Gasteiger partial charge on any atom is -0.870 e. The van der Waals surface area contributed by atoms with E-state index in [1.54, 1.807) is 42.5 Å². The average molecular weight is 269 g/mol. The highest BCUT2D eigenvalue weighted by Gasteiger charge is 2.02. The number of nitrogens with one attached hydrogen (secondary N) is 1. The van der Waals surface area contributed by atoms with Crippen LogP contribution in [0.1, 0.15) is 15.9 Å². The van der Waals surface area contributed by atoms with E-state index in [0.717, 1.165) is 0 Å². The number of amides is 1. The molecule has 0 radical (unpaired) electrons. The van der Waals surface area contributed by atoms with Gasteiger partial charge in [0.15, 0.2) is 0 Å². The van der Waals surface area contributed by atoms with Crippen molar-refractivity contribution in [1.29, 1.82) is 0 Å². The highest BCUT2D eigenvalue weighted by atomic mass is 16.5. The Balaban J connectivity index is 2.06. The molecule has 5 heteroatoms. The van der Waals surface area contributed by atoms with Crippen LogP contribution in [0.4, 0.5) is 0 Å². The molecule has 102 valence electrons. The molecule has 1 N–H and O–H groups in total. The van der Waals surface area contributed by atoms with Gasteiger partial charge in [0.2, 0.25) is 0 Å². The van der Waals surface area contributed by atoms with Gasteiger partial charge in [0.05, 0.1) is 13.3 Å². The van der Waals surface area contributed by atoms with E-state index in [9.17, 15) is 9.90 Å². The number of ether oxygens (including phenoxy) is 1. The Morgan fingerprint density at radius 3 is 2.65 bits per heavy atom. The molecule has 2 aromatic carbocycles. The number of benzene rings is 2. The molecule has 0 aliphatic rings. The maximum atomic E-state index is 11.8. The summed E-state index contributed by atoms with van der Waals surface area (Å²) in [6, 6.07) is 13.5. The second kappa shape index (κ2) is 6.38. The zero-order valence-corrected chi connectivity index (χ0v) is 10.9. The molecule has 1 amide bonds. The lowest BCUT2D eigenvalue weighted by molar-refractivity contribution is -0.270. The first kappa shape index (κ1) is 13.6. The van der Waals surface area contributed by atoms with Crippen LogP contribution in [-0.4, -0.2) is 19.2 Å². The smallest absolute Gasteiger partial charge is 0.271 e. The predicted octanol–water partition coefficient (Wildman–Crippen LogP) is 1.53. The number of rotatable bonds is 4. The molecule has 0 fully saturated rings. The molecule has 0 aliphatic heterocycles. The Labute approximate surface area is 116 Å². The van der Waals surface area contributed by atoms with Crippen molar-refractivity contribution >= 4 is 12.1 Å². The topological polar surface area (TPSA) is 73.8 Å². The maximum Gasteiger partial charge on any atom is 0.271 e. The van der Waals surface area contributed by atoms with Crippen molar-refractivity contribution in [2.45, 2.75) is 0 Å². The van der Waals surface area contributed by atoms with Crippen LogP contribution in [-0.2, 0) is 0 Å². The minimum atomic E-state index is -0.336. The first-order valence-corrected chi connectivity index (χ1v) is 5.95. The SMILES string of the molecule is COc1cccc(/C=N\NC(=O)c2ccccc2)c1[O-]. The van der Waals surface area contributed by atoms with E-state index in [-0.39, 0.29) is 17.4 Å². The molecule has 0 aliphatic carbocycles. The molecular formula is C15H13N2O3-. The second-order valence-electron chi connectivity index (χ2n) is 3.94. The molecule has 2 rings (SSSR count). The summed E-state index contributed by atoms with van der Waals surface area (Å²) in [5, 5.41) is 15.6. The second-order valence-corrected chi connectivity index (χ2v) is 3.94. The van der Waals surface area contributed by atoms with Crippen LogP contribution < -0.4 is 15.3 Å². The Morgan fingerprint density at radius 1 is 1.20 bits per heavy atom. The molecule has 2 aromatic rings. The zero-order valence-electron chi connectivity index (χ0n) is 10.9. The Kier molecular flexibility index (Phi) is 4.34. The Morgan fingerprint density at radius 2 is 1.95 bits per heavy atom. The molecule has 0 heterocycles. The number of hydrogen-bond donors (Lipinski definition) is 1. The minimum absolute atomic E-state index is 0.239. The molecule has 0 saturated carbocycles. The predicted molar refractivity (Wildman–Crippen MR) is 73.9 cm³/mol. The van der Waals surface area contributed by atoms with Gasteiger partial charge < -0.3 is 9.84 Å². The van der Waals surface area contributed by atoms with Crippen LogP contribution in [0.2, 0.25) is 0 Å². The highest BCUT2D eigenvalue weighted by Crippen LogP contribution is 2.24. The largest absolute Gasteiger partial charge is 0.870 e. The third kappa shape index (κ3) is 3.14. The van der Waals surface area contributed by atoms with Crippen molar-refractivity contribution < 1.29 is 14.6 Å². The molecule has 0 aromatic heterocycles. The van der Waals surface area contributed by atoms with E-state index in [1.165, 1.54) is 13.3 Å². The quantitative estimate of drug-likeness (QED) is 0.675. The standard InChI is InChI=1S/C15H14N2O3/c1-20-13-9-5-8-12(14(13)18)10-16-17-15(19)11-6-3-2-4-7-11/h2-10,18H,1H3,(H,17,19)/p-1/b16-10-. The lowest BCUT2D eigenvalue weighted by Gasteiger charge is -2.14. The summed E-state index contributed by atoms with van der Waals surface area (Å²) in [6.45, 7) is 0. The molecule has 0 atom stereocenters. The number of methoxy groups -OCH3 is 1. The van der Waals surface area contributed by atoms with Crippen LogP contribution in [0.15, 0.2) is 53.6 Å². The van der Waals surface area contributed by atoms with E-state index >= 15 is 0 Å². The van der Waals surface area contributed by atoms with Crippen molar-refractivity contribution in [3.63, 3.8) is 0 Å². The Bertz CT molecular complexity index is 624. The van der Waals surface area contributed by atoms with Gasteiger partial charge in [-0.05, 0) is 23.8 Å². The molecule has 20 heavy (non-hydrogen) atoms. The number of carbonyl (C=O) groups excluding carboxylic acids is 1. The van der Waals surface area contributed by atoms with Crippen LogP contribution in [0.5, 0.6) is 11.5 Å². The van der Waals surface area contributed by atoms with E-state index in [1.807, 2.05) is 6.07 Å². The van der Waals surface area contributed by atoms with Gasteiger partial charge in [-0.15, -0.1) is 0 Å². The summed E-state index contributed by atoms with van der Waals surface area (Å²) in [4.78, 5) is 11.7. The normalized spacial score (nSPS) is 10.4. The number of nitrogens with zero attached hydrogens (tertiary/aromatic N) is 1. The summed E-state index contributed by atoms with van der Waals surface area (Å²) in [5.74, 6) is -0.367. The fourth-order valence-electron chi connectivity index (χ4n) is 1.61. The lowest BCUT2D eigenvalue weighted by atomic mass is 10.2. The van der Waals surface area contributed by atoms with E-state index < -0.39 is 0 Å². The molecule has 5 nitrogen and oxygen atoms in total. The van der Waals surface area contributed by atoms with Crippen LogP contribution in [0, 0.1) is 0 Å². The van der Waals surface area contributed by atoms with Crippen molar-refractivity contribution in [1.82, 2.24) is 5.43 Å². The first-order valence-electron chi connectivity index (χ1n) is 5.95. The van der Waals surface area contributed by atoms with Gasteiger partial charge >= 0.3 is 0 Å². The van der Waals surface area contributed by atoms with Gasteiger partial charge in [-0.2, -0.15) is 5.10 Å². The van der Waals surface area contributed by atoms with Gasteiger partial charge in [0, 0.05) is 5.56 Å². The molecular weight excluding hydrogens is 256 g/mol. The molecule has 0 bridgehead atoms. The third-order valence-corrected chi connectivity index (χ3v) is 2.63. The maximum absolute atomic E-state index is 11.8. The van der Waals surface area contributed by atoms with Gasteiger partial charge in [-0.3, -0.25) is 4.79 Å². The van der Waals surface area contributed by atoms with Crippen LogP contribution in [0.25, 0.3) is 0 Å². The summed E-state index contributed by atoms with van der Waals surface area (Å²) in [7, 11) is 1.43. The van der Waals surface area contributed by atoms with Gasteiger partial charge in [0.25, 0.3) is 5.91 Å². The van der Waals surface area contributed by atoms with E-state index in [4.69, 9.17) is 4.74 Å². The van der Waals surface area contributed by atoms with Crippen LogP contribution in [0.3, 0.4) is 0 Å². The first-order chi connectivity index (χ1) is 9.72. The van der Waals surface area contributed by atoms with Crippen molar-refractivity contribution in [2.75, 3.05) is 7.11 Å². The van der Waals surface area contributed by atoms with Crippen molar-refractivity contribution in [3.8, 4) is 11.5 Å². The number of para-hydroxylation sites is 1. The zero-order chi connectivity index (χ0) is 14.4. The fraction of sp³-hybridized carbons (Fsp3) is 0.0667. The van der Waals surface area contributed by atoms with Gasteiger partial charge in [-0.1, -0.05) is 36.1 Å². The van der Waals surface area contributed by atoms with E-state index in [2.05, 4.69) is 10.5 Å². The van der Waals surface area contributed by atoms with Crippen LogP contribution >= 0.6 is 0 Å². The number of hydrazone groups is 1. The van der Waals surface area contributed by atoms with Crippen molar-refractivity contribution in [3.05, 3.63) is 59.7 Å². The van der Waals surface area contributed by atoms with E-state index in [0.29, 0.717) is 11.1 Å². The number of carbonyl (C=O) groups is 1. The number of hydrogen-bond acceptors (Lipinski definition) is 4. The fourth-order valence-corrected chi connectivity index (χ4v) is 1.61. The summed E-state index contributed by atoms with van der Waals surface area (Å²) in [5.41, 5.74) is 3.21. The Hall–Kier alpha value is -2.82. The summed E-state index contributed by atoms with van der Waals surface area (Å²) >= 11 is 0. The monoisotopic (exact) mass is 269 g/mol. The molecule has 0 unspecified atom stereocenters. The van der Waals surface area contributed by atoms with Gasteiger partial charge in [0.1, 0.15) is 5.75 Å². The summed E-state index contributed by atoms with van der Waals surface area (Å²) < 4.78 is 4.92.